The molecule has 37 heavy (non-hydrogen) atoms. The molecule has 6 nitrogen and oxygen atoms in total. The van der Waals surface area contributed by atoms with E-state index in [1.54, 1.807) is 0 Å². The zero-order valence-electron chi connectivity index (χ0n) is 21.2. The number of nitrogens with zero attached hydrogens (tertiary/aromatic N) is 4. The van der Waals surface area contributed by atoms with Gasteiger partial charge in [-0.15, -0.1) is 0 Å². The molecule has 0 bridgehead atoms. The van der Waals surface area contributed by atoms with Gasteiger partial charge in [0.05, 0.1) is 29.7 Å². The van der Waals surface area contributed by atoms with Crippen LogP contribution < -0.4 is 5.32 Å². The first-order valence-electron chi connectivity index (χ1n) is 12.5. The number of para-hydroxylation sites is 1. The van der Waals surface area contributed by atoms with E-state index < -0.39 is 0 Å². The fourth-order valence-corrected chi connectivity index (χ4v) is 5.26. The van der Waals surface area contributed by atoms with Crippen molar-refractivity contribution in [3.05, 3.63) is 131 Å². The van der Waals surface area contributed by atoms with Crippen molar-refractivity contribution in [3.8, 4) is 11.5 Å². The van der Waals surface area contributed by atoms with Crippen molar-refractivity contribution in [1.82, 2.24) is 19.2 Å². The number of benzene rings is 3. The summed E-state index contributed by atoms with van der Waals surface area (Å²) >= 11 is 0. The zero-order valence-corrected chi connectivity index (χ0v) is 21.2. The van der Waals surface area contributed by atoms with Crippen LogP contribution in [0.1, 0.15) is 39.7 Å². The molecule has 0 saturated carbocycles. The number of urea groups is 1. The fraction of sp³-hybridized carbons (Fsp3) is 0.161. The molecule has 2 amide bonds. The molecule has 0 saturated heterocycles. The highest BCUT2D eigenvalue weighted by Gasteiger charge is 2.36. The molecule has 0 fully saturated rings. The van der Waals surface area contributed by atoms with Crippen LogP contribution in [0.15, 0.2) is 97.2 Å². The first kappa shape index (κ1) is 22.9. The van der Waals surface area contributed by atoms with Gasteiger partial charge in [-0.05, 0) is 68.3 Å². The predicted octanol–water partition coefficient (Wildman–Crippen LogP) is 6.73. The lowest BCUT2D eigenvalue weighted by atomic mass is 10.00. The number of carbonyl (C=O) groups excluding carboxylic acids is 1. The van der Waals surface area contributed by atoms with E-state index in [2.05, 4.69) is 65.5 Å². The first-order valence-corrected chi connectivity index (χ1v) is 12.5. The Hall–Kier alpha value is -4.58. The summed E-state index contributed by atoms with van der Waals surface area (Å²) in [6.45, 7) is 6.55. The lowest BCUT2D eigenvalue weighted by Crippen LogP contribution is -2.38. The number of hydrogen-bond acceptors (Lipinski definition) is 2. The molecule has 6 rings (SSSR count). The van der Waals surface area contributed by atoms with Gasteiger partial charge in [0.1, 0.15) is 5.82 Å². The minimum Gasteiger partial charge on any atom is -0.308 e. The Morgan fingerprint density at radius 2 is 1.62 bits per heavy atom. The Morgan fingerprint density at radius 1 is 0.865 bits per heavy atom. The van der Waals surface area contributed by atoms with E-state index in [0.29, 0.717) is 6.54 Å². The molecule has 1 aliphatic heterocycles. The van der Waals surface area contributed by atoms with Gasteiger partial charge in [-0.1, -0.05) is 60.2 Å². The van der Waals surface area contributed by atoms with Crippen LogP contribution in [0.5, 0.6) is 0 Å². The number of aromatic nitrogens is 3. The molecule has 0 aliphatic carbocycles. The summed E-state index contributed by atoms with van der Waals surface area (Å²) in [5.74, 6) is 0.965. The molecule has 1 aliphatic rings. The van der Waals surface area contributed by atoms with Gasteiger partial charge in [0.15, 0.2) is 0 Å². The van der Waals surface area contributed by atoms with E-state index in [-0.39, 0.29) is 12.1 Å². The number of rotatable bonds is 3. The van der Waals surface area contributed by atoms with Crippen LogP contribution in [0.25, 0.3) is 11.5 Å². The number of amides is 2. The molecule has 1 atom stereocenters. The van der Waals surface area contributed by atoms with Crippen molar-refractivity contribution in [3.63, 3.8) is 0 Å². The summed E-state index contributed by atoms with van der Waals surface area (Å²) in [7, 11) is 0. The lowest BCUT2D eigenvalue weighted by molar-refractivity contribution is 0.194. The highest BCUT2D eigenvalue weighted by molar-refractivity contribution is 5.90. The van der Waals surface area contributed by atoms with Crippen molar-refractivity contribution >= 4 is 11.7 Å². The Morgan fingerprint density at radius 3 is 2.38 bits per heavy atom. The quantitative estimate of drug-likeness (QED) is 0.307. The second-order valence-corrected chi connectivity index (χ2v) is 9.68. The summed E-state index contributed by atoms with van der Waals surface area (Å²) in [6, 6.07) is 30.2. The zero-order chi connectivity index (χ0) is 25.5. The van der Waals surface area contributed by atoms with E-state index in [1.165, 1.54) is 0 Å². The van der Waals surface area contributed by atoms with Crippen molar-refractivity contribution < 1.29 is 4.79 Å². The number of fused-ring (bicyclic) bond motifs is 3. The lowest BCUT2D eigenvalue weighted by Gasteiger charge is -2.31. The summed E-state index contributed by atoms with van der Waals surface area (Å²) in [4.78, 5) is 15.9. The van der Waals surface area contributed by atoms with Gasteiger partial charge in [-0.3, -0.25) is 0 Å². The molecule has 1 N–H and O–H groups in total. The maximum atomic E-state index is 14.0. The summed E-state index contributed by atoms with van der Waals surface area (Å²) in [6.07, 6.45) is 2.07. The third-order valence-electron chi connectivity index (χ3n) is 6.97. The predicted molar refractivity (Wildman–Crippen MR) is 146 cm³/mol. The highest BCUT2D eigenvalue weighted by Crippen LogP contribution is 2.39. The van der Waals surface area contributed by atoms with Crippen molar-refractivity contribution in [2.24, 2.45) is 0 Å². The van der Waals surface area contributed by atoms with Gasteiger partial charge < -0.3 is 14.8 Å². The summed E-state index contributed by atoms with van der Waals surface area (Å²) in [5, 5.41) is 8.08. The molecule has 0 spiro atoms. The monoisotopic (exact) mass is 487 g/mol. The molecular formula is C31H29N5O. The minimum atomic E-state index is -0.282. The number of aryl methyl sites for hydroxylation is 3. The summed E-state index contributed by atoms with van der Waals surface area (Å²) < 4.78 is 4.18. The SMILES string of the molecule is Cc1cccc(NC(=O)N2Cc3c(C)nn(-c4ccccc4)c3-n3cccc3[C@@H]2c2cccc(C)c2)c1. The molecule has 6 heteroatoms. The third kappa shape index (κ3) is 4.10. The summed E-state index contributed by atoms with van der Waals surface area (Å²) in [5.41, 5.74) is 8.03. The Bertz CT molecular complexity index is 1600. The van der Waals surface area contributed by atoms with Crippen LogP contribution in [0.3, 0.4) is 0 Å². The Labute approximate surface area is 216 Å². The number of hydrogen-bond donors (Lipinski definition) is 1. The standard InChI is InChI=1S/C31H29N5O/c1-21-10-7-12-24(18-21)29-28-16-9-17-34(28)30-27(23(3)33-36(30)26-14-5-4-6-15-26)20-35(29)31(37)32-25-13-8-11-22(2)19-25/h4-19,29H,20H2,1-3H3,(H,32,37)/t29-/m0/s1. The molecule has 184 valence electrons. The average Bonchev–Trinajstić information content (AvgIpc) is 3.45. The molecular weight excluding hydrogens is 458 g/mol. The van der Waals surface area contributed by atoms with E-state index >= 15 is 0 Å². The van der Waals surface area contributed by atoms with Gasteiger partial charge in [0, 0.05) is 17.4 Å². The van der Waals surface area contributed by atoms with Gasteiger partial charge in [0.25, 0.3) is 0 Å². The second-order valence-electron chi connectivity index (χ2n) is 9.68. The van der Waals surface area contributed by atoms with Gasteiger partial charge in [-0.2, -0.15) is 5.10 Å². The highest BCUT2D eigenvalue weighted by atomic mass is 16.2. The van der Waals surface area contributed by atoms with E-state index in [9.17, 15) is 4.79 Å². The average molecular weight is 488 g/mol. The normalized spacial score (nSPS) is 14.6. The topological polar surface area (TPSA) is 55.1 Å². The molecule has 0 unspecified atom stereocenters. The third-order valence-corrected chi connectivity index (χ3v) is 6.97. The molecule has 3 aromatic carbocycles. The molecule has 5 aromatic rings. The number of nitrogens with one attached hydrogen (secondary N) is 1. The van der Waals surface area contributed by atoms with E-state index in [0.717, 1.165) is 50.8 Å². The van der Waals surface area contributed by atoms with Crippen molar-refractivity contribution in [2.45, 2.75) is 33.4 Å². The minimum absolute atomic E-state index is 0.149. The number of carbonyl (C=O) groups is 1. The Kier molecular flexibility index (Phi) is 5.64. The van der Waals surface area contributed by atoms with Gasteiger partial charge >= 0.3 is 6.03 Å². The van der Waals surface area contributed by atoms with E-state index in [4.69, 9.17) is 5.10 Å². The van der Waals surface area contributed by atoms with Gasteiger partial charge in [0.2, 0.25) is 0 Å². The van der Waals surface area contributed by atoms with Crippen LogP contribution in [-0.2, 0) is 6.54 Å². The van der Waals surface area contributed by atoms with Crippen molar-refractivity contribution in [1.29, 1.82) is 0 Å². The molecule has 0 radical (unpaired) electrons. The maximum Gasteiger partial charge on any atom is 0.322 e. The maximum absolute atomic E-state index is 14.0. The number of anilines is 1. The van der Waals surface area contributed by atoms with Crippen molar-refractivity contribution in [2.75, 3.05) is 5.32 Å². The largest absolute Gasteiger partial charge is 0.322 e. The van der Waals surface area contributed by atoms with Crippen LogP contribution in [0.2, 0.25) is 0 Å². The van der Waals surface area contributed by atoms with Crippen LogP contribution in [-0.4, -0.2) is 25.3 Å². The van der Waals surface area contributed by atoms with E-state index in [1.807, 2.05) is 72.0 Å². The van der Waals surface area contributed by atoms with Crippen LogP contribution in [0, 0.1) is 20.8 Å². The fourth-order valence-electron chi connectivity index (χ4n) is 5.26. The Balaban J connectivity index is 1.54. The first-order chi connectivity index (χ1) is 18.0. The van der Waals surface area contributed by atoms with Gasteiger partial charge in [-0.25, -0.2) is 9.48 Å². The van der Waals surface area contributed by atoms with Crippen LogP contribution in [0.4, 0.5) is 10.5 Å². The smallest absolute Gasteiger partial charge is 0.308 e. The second kappa shape index (κ2) is 9.13. The van der Waals surface area contributed by atoms with Crippen LogP contribution >= 0.6 is 0 Å². The molecule has 2 aromatic heterocycles. The molecule has 3 heterocycles.